The monoisotopic (exact) mass is 601 g/mol. The van der Waals surface area contributed by atoms with E-state index < -0.39 is 28.5 Å². The van der Waals surface area contributed by atoms with Crippen LogP contribution in [-0.4, -0.2) is 58.5 Å². The van der Waals surface area contributed by atoms with Crippen molar-refractivity contribution in [3.63, 3.8) is 0 Å². The van der Waals surface area contributed by atoms with Crippen molar-refractivity contribution in [2.75, 3.05) is 31.6 Å². The van der Waals surface area contributed by atoms with E-state index in [0.29, 0.717) is 29.5 Å². The standard InChI is InChI=1S/C30H36ClN3O6S/c1-6-26(30(36)32-7-2)33(19-22-10-12-23(31)13-11-22)29(35)20-34(24-14-17-27(39-4)28(18-24)40-5)41(37,38)25-15-8-21(3)9-16-25/h8-18,26H,6-7,19-20H2,1-5H3,(H,32,36)/t26-/m1/s1. The van der Waals surface area contributed by atoms with Crippen LogP contribution in [0.4, 0.5) is 5.69 Å². The van der Waals surface area contributed by atoms with E-state index in [2.05, 4.69) is 5.32 Å². The highest BCUT2D eigenvalue weighted by molar-refractivity contribution is 7.92. The number of methoxy groups -OCH3 is 2. The Morgan fingerprint density at radius 2 is 1.56 bits per heavy atom. The molecule has 0 heterocycles. The Bertz CT molecular complexity index is 1450. The maximum atomic E-state index is 14.1. The van der Waals surface area contributed by atoms with Gasteiger partial charge in [0.1, 0.15) is 12.6 Å². The Labute approximate surface area is 247 Å². The Morgan fingerprint density at radius 1 is 0.927 bits per heavy atom. The highest BCUT2D eigenvalue weighted by Gasteiger charge is 2.34. The van der Waals surface area contributed by atoms with E-state index in [4.69, 9.17) is 21.1 Å². The number of anilines is 1. The zero-order chi connectivity index (χ0) is 30.2. The molecule has 0 unspecified atom stereocenters. The maximum absolute atomic E-state index is 14.1. The smallest absolute Gasteiger partial charge is 0.264 e. The third-order valence-corrected chi connectivity index (χ3v) is 8.59. The van der Waals surface area contributed by atoms with Crippen LogP contribution in [0.1, 0.15) is 31.4 Å². The number of carbonyl (C=O) groups is 2. The molecule has 1 atom stereocenters. The van der Waals surface area contributed by atoms with Gasteiger partial charge in [-0.3, -0.25) is 13.9 Å². The molecular weight excluding hydrogens is 566 g/mol. The number of rotatable bonds is 13. The van der Waals surface area contributed by atoms with Gasteiger partial charge in [-0.15, -0.1) is 0 Å². The average molecular weight is 602 g/mol. The van der Waals surface area contributed by atoms with E-state index in [-0.39, 0.29) is 23.0 Å². The molecule has 3 rings (SSSR count). The highest BCUT2D eigenvalue weighted by Crippen LogP contribution is 2.34. The summed E-state index contributed by atoms with van der Waals surface area (Å²) in [5.74, 6) is -0.171. The molecule has 1 N–H and O–H groups in total. The zero-order valence-electron chi connectivity index (χ0n) is 23.9. The van der Waals surface area contributed by atoms with E-state index in [1.807, 2.05) is 6.92 Å². The van der Waals surface area contributed by atoms with Crippen LogP contribution in [0, 0.1) is 6.92 Å². The molecule has 0 fully saturated rings. The number of nitrogens with zero attached hydrogens (tertiary/aromatic N) is 2. The number of ether oxygens (including phenoxy) is 2. The van der Waals surface area contributed by atoms with Gasteiger partial charge in [0.15, 0.2) is 11.5 Å². The summed E-state index contributed by atoms with van der Waals surface area (Å²) in [5, 5.41) is 3.32. The van der Waals surface area contributed by atoms with E-state index in [1.165, 1.54) is 37.3 Å². The largest absolute Gasteiger partial charge is 0.493 e. The summed E-state index contributed by atoms with van der Waals surface area (Å²) in [5.41, 5.74) is 1.83. The summed E-state index contributed by atoms with van der Waals surface area (Å²) in [6.07, 6.45) is 0.326. The molecule has 0 saturated heterocycles. The predicted octanol–water partition coefficient (Wildman–Crippen LogP) is 4.80. The quantitative estimate of drug-likeness (QED) is 0.302. The molecule has 0 saturated carbocycles. The topological polar surface area (TPSA) is 105 Å². The molecule has 0 bridgehead atoms. The first kappa shape index (κ1) is 31.8. The van der Waals surface area contributed by atoms with Crippen LogP contribution in [-0.2, 0) is 26.2 Å². The number of hydrogen-bond donors (Lipinski definition) is 1. The van der Waals surface area contributed by atoms with Gasteiger partial charge in [0.2, 0.25) is 11.8 Å². The number of hydrogen-bond acceptors (Lipinski definition) is 6. The Kier molecular flexibility index (Phi) is 11.0. The molecule has 0 aliphatic rings. The van der Waals surface area contributed by atoms with Crippen LogP contribution in [0.15, 0.2) is 71.6 Å². The van der Waals surface area contributed by atoms with Gasteiger partial charge in [0.05, 0.1) is 24.8 Å². The van der Waals surface area contributed by atoms with E-state index in [9.17, 15) is 18.0 Å². The van der Waals surface area contributed by atoms with Crippen molar-refractivity contribution in [1.29, 1.82) is 0 Å². The second kappa shape index (κ2) is 14.2. The molecule has 2 amide bonds. The van der Waals surface area contributed by atoms with Crippen molar-refractivity contribution in [2.45, 2.75) is 44.7 Å². The molecule has 3 aromatic carbocycles. The zero-order valence-corrected chi connectivity index (χ0v) is 25.5. The van der Waals surface area contributed by atoms with Gasteiger partial charge in [0, 0.05) is 24.2 Å². The van der Waals surface area contributed by atoms with Gasteiger partial charge in [0.25, 0.3) is 10.0 Å². The first-order valence-electron chi connectivity index (χ1n) is 13.2. The first-order chi connectivity index (χ1) is 19.5. The van der Waals surface area contributed by atoms with Crippen LogP contribution in [0.25, 0.3) is 0 Å². The van der Waals surface area contributed by atoms with Gasteiger partial charge in [-0.1, -0.05) is 48.4 Å². The van der Waals surface area contributed by atoms with E-state index in [0.717, 1.165) is 15.4 Å². The summed E-state index contributed by atoms with van der Waals surface area (Å²) in [4.78, 5) is 28.5. The van der Waals surface area contributed by atoms with Crippen molar-refractivity contribution < 1.29 is 27.5 Å². The lowest BCUT2D eigenvalue weighted by Gasteiger charge is -2.33. The fourth-order valence-corrected chi connectivity index (χ4v) is 5.88. The van der Waals surface area contributed by atoms with Crippen molar-refractivity contribution >= 4 is 39.1 Å². The van der Waals surface area contributed by atoms with Gasteiger partial charge < -0.3 is 19.7 Å². The first-order valence-corrected chi connectivity index (χ1v) is 15.0. The maximum Gasteiger partial charge on any atom is 0.264 e. The molecule has 0 aromatic heterocycles. The molecule has 0 radical (unpaired) electrons. The number of benzene rings is 3. The number of aryl methyl sites for hydroxylation is 1. The summed E-state index contributed by atoms with van der Waals surface area (Å²) in [6, 6.07) is 17.1. The van der Waals surface area contributed by atoms with Gasteiger partial charge >= 0.3 is 0 Å². The minimum absolute atomic E-state index is 0.0192. The summed E-state index contributed by atoms with van der Waals surface area (Å²) >= 11 is 6.06. The molecule has 220 valence electrons. The summed E-state index contributed by atoms with van der Waals surface area (Å²) < 4.78 is 39.8. The molecule has 0 aliphatic heterocycles. The lowest BCUT2D eigenvalue weighted by atomic mass is 10.1. The van der Waals surface area contributed by atoms with Crippen molar-refractivity contribution in [1.82, 2.24) is 10.2 Å². The molecule has 0 aliphatic carbocycles. The fourth-order valence-electron chi connectivity index (χ4n) is 4.34. The normalized spacial score (nSPS) is 11.9. The van der Waals surface area contributed by atoms with Gasteiger partial charge in [-0.25, -0.2) is 8.42 Å². The lowest BCUT2D eigenvalue weighted by Crippen LogP contribution is -2.52. The highest BCUT2D eigenvalue weighted by atomic mass is 35.5. The lowest BCUT2D eigenvalue weighted by molar-refractivity contribution is -0.140. The van der Waals surface area contributed by atoms with Crippen molar-refractivity contribution in [3.05, 3.63) is 82.9 Å². The Hall–Kier alpha value is -3.76. The average Bonchev–Trinajstić information content (AvgIpc) is 2.96. The van der Waals surface area contributed by atoms with Crippen molar-refractivity contribution in [2.24, 2.45) is 0 Å². The molecular formula is C30H36ClN3O6S. The predicted molar refractivity (Wildman–Crippen MR) is 160 cm³/mol. The van der Waals surface area contributed by atoms with Gasteiger partial charge in [-0.2, -0.15) is 0 Å². The molecule has 11 heteroatoms. The minimum Gasteiger partial charge on any atom is -0.493 e. The van der Waals surface area contributed by atoms with Crippen molar-refractivity contribution in [3.8, 4) is 11.5 Å². The number of likely N-dealkylation sites (N-methyl/N-ethyl adjacent to an activating group) is 1. The van der Waals surface area contributed by atoms with Crippen LogP contribution >= 0.6 is 11.6 Å². The molecule has 9 nitrogen and oxygen atoms in total. The number of halogens is 1. The third-order valence-electron chi connectivity index (χ3n) is 6.55. The molecule has 41 heavy (non-hydrogen) atoms. The SMILES string of the molecule is CCNC(=O)[C@@H](CC)N(Cc1ccc(Cl)cc1)C(=O)CN(c1ccc(OC)c(OC)c1)S(=O)(=O)c1ccc(C)cc1. The number of sulfonamides is 1. The Morgan fingerprint density at radius 3 is 2.12 bits per heavy atom. The third kappa shape index (κ3) is 7.71. The van der Waals surface area contributed by atoms with E-state index in [1.54, 1.807) is 62.4 Å². The number of nitrogens with one attached hydrogen (secondary N) is 1. The van der Waals surface area contributed by atoms with Crippen LogP contribution in [0.2, 0.25) is 5.02 Å². The van der Waals surface area contributed by atoms with E-state index >= 15 is 0 Å². The second-order valence-corrected chi connectivity index (χ2v) is 11.6. The summed E-state index contributed by atoms with van der Waals surface area (Å²) in [7, 11) is -1.30. The number of carbonyl (C=O) groups excluding carboxylic acids is 2. The summed E-state index contributed by atoms with van der Waals surface area (Å²) in [6.45, 7) is 5.36. The number of amides is 2. The minimum atomic E-state index is -4.21. The van der Waals surface area contributed by atoms with Crippen LogP contribution in [0.3, 0.4) is 0 Å². The van der Waals surface area contributed by atoms with Crippen LogP contribution < -0.4 is 19.1 Å². The molecule has 0 spiro atoms. The van der Waals surface area contributed by atoms with Crippen LogP contribution in [0.5, 0.6) is 11.5 Å². The Balaban J connectivity index is 2.11. The second-order valence-electron chi connectivity index (χ2n) is 9.33. The molecule has 3 aromatic rings. The fraction of sp³-hybridized carbons (Fsp3) is 0.333. The van der Waals surface area contributed by atoms with Gasteiger partial charge in [-0.05, 0) is 62.2 Å².